The van der Waals surface area contributed by atoms with Gasteiger partial charge in [0, 0.05) is 0 Å². The van der Waals surface area contributed by atoms with Crippen LogP contribution in [0.15, 0.2) is 59.4 Å². The van der Waals surface area contributed by atoms with Crippen molar-refractivity contribution >= 4 is 35.7 Å². The second-order valence-corrected chi connectivity index (χ2v) is 7.47. The first-order chi connectivity index (χ1) is 10.3. The SMILES string of the molecule is O=c1c2ccccc2[se]n1-c1nnc(-c2ccccc2)s1. The summed E-state index contributed by atoms with van der Waals surface area (Å²) in [4.78, 5) is 12.4. The van der Waals surface area contributed by atoms with Gasteiger partial charge in [0.25, 0.3) is 0 Å². The third kappa shape index (κ3) is 2.17. The fourth-order valence-corrected chi connectivity index (χ4v) is 5.14. The molecule has 2 heterocycles. The Labute approximate surface area is 130 Å². The van der Waals surface area contributed by atoms with Crippen LogP contribution in [0.2, 0.25) is 0 Å². The molecule has 0 spiro atoms. The predicted molar refractivity (Wildman–Crippen MR) is 85.4 cm³/mol. The average molecular weight is 358 g/mol. The van der Waals surface area contributed by atoms with Gasteiger partial charge in [-0.3, -0.25) is 0 Å². The molecule has 0 saturated carbocycles. The van der Waals surface area contributed by atoms with Crippen molar-refractivity contribution in [3.8, 4) is 15.7 Å². The van der Waals surface area contributed by atoms with Crippen LogP contribution in [-0.4, -0.2) is 28.5 Å². The second kappa shape index (κ2) is 5.07. The number of aromatic nitrogens is 3. The first-order valence-corrected chi connectivity index (χ1v) is 8.77. The van der Waals surface area contributed by atoms with Crippen molar-refractivity contribution in [3.05, 3.63) is 65.0 Å². The zero-order valence-corrected chi connectivity index (χ0v) is 13.3. The summed E-state index contributed by atoms with van der Waals surface area (Å²) in [6.45, 7) is 0. The molecule has 21 heavy (non-hydrogen) atoms. The zero-order chi connectivity index (χ0) is 14.2. The van der Waals surface area contributed by atoms with Gasteiger partial charge in [0.2, 0.25) is 0 Å². The van der Waals surface area contributed by atoms with Crippen LogP contribution in [0.3, 0.4) is 0 Å². The molecular weight excluding hydrogens is 349 g/mol. The molecule has 0 aliphatic rings. The molecule has 0 unspecified atom stereocenters. The van der Waals surface area contributed by atoms with E-state index in [-0.39, 0.29) is 20.3 Å². The van der Waals surface area contributed by atoms with Gasteiger partial charge in [-0.1, -0.05) is 0 Å². The van der Waals surface area contributed by atoms with E-state index in [1.54, 1.807) is 3.56 Å². The van der Waals surface area contributed by atoms with Gasteiger partial charge >= 0.3 is 130 Å². The Morgan fingerprint density at radius 3 is 2.52 bits per heavy atom. The maximum atomic E-state index is 12.4. The Morgan fingerprint density at radius 2 is 1.71 bits per heavy atom. The Morgan fingerprint density at radius 1 is 0.952 bits per heavy atom. The van der Waals surface area contributed by atoms with E-state index in [9.17, 15) is 4.79 Å². The van der Waals surface area contributed by atoms with E-state index >= 15 is 0 Å². The molecule has 2 aromatic heterocycles. The second-order valence-electron chi connectivity index (χ2n) is 4.44. The van der Waals surface area contributed by atoms with Gasteiger partial charge in [0.1, 0.15) is 0 Å². The van der Waals surface area contributed by atoms with E-state index < -0.39 is 0 Å². The summed E-state index contributed by atoms with van der Waals surface area (Å²) in [5, 5.41) is 10.7. The molecule has 0 bridgehead atoms. The fourth-order valence-electron chi connectivity index (χ4n) is 2.09. The molecule has 0 saturated heterocycles. The van der Waals surface area contributed by atoms with Crippen LogP contribution in [0, 0.1) is 0 Å². The summed E-state index contributed by atoms with van der Waals surface area (Å²) in [5.74, 6) is 0. The molecule has 6 heteroatoms. The first kappa shape index (κ1) is 12.7. The molecule has 0 N–H and O–H groups in total. The minimum absolute atomic E-state index is 0.0290. The molecule has 4 nitrogen and oxygen atoms in total. The Balaban J connectivity index is 1.85. The molecule has 0 radical (unpaired) electrons. The van der Waals surface area contributed by atoms with Crippen molar-refractivity contribution < 1.29 is 0 Å². The van der Waals surface area contributed by atoms with Crippen LogP contribution >= 0.6 is 11.3 Å². The third-order valence-electron chi connectivity index (χ3n) is 3.10. The molecule has 0 amide bonds. The molecule has 102 valence electrons. The summed E-state index contributed by atoms with van der Waals surface area (Å²) >= 11 is 1.40. The average Bonchev–Trinajstić information content (AvgIpc) is 3.14. The third-order valence-corrected chi connectivity index (χ3v) is 6.57. The molecule has 2 aromatic carbocycles. The quantitative estimate of drug-likeness (QED) is 0.518. The molecule has 0 fully saturated rings. The van der Waals surface area contributed by atoms with E-state index in [0.717, 1.165) is 20.2 Å². The number of fused-ring (bicyclic) bond motifs is 1. The summed E-state index contributed by atoms with van der Waals surface area (Å²) in [5.41, 5.74) is 1.05. The normalized spacial score (nSPS) is 11.0. The number of benzene rings is 2. The molecule has 4 rings (SSSR count). The topological polar surface area (TPSA) is 47.8 Å². The van der Waals surface area contributed by atoms with Crippen molar-refractivity contribution in [2.75, 3.05) is 0 Å². The molecule has 0 atom stereocenters. The summed E-state index contributed by atoms with van der Waals surface area (Å²) in [6, 6.07) is 17.6. The summed E-state index contributed by atoms with van der Waals surface area (Å²) < 4.78 is 2.85. The van der Waals surface area contributed by atoms with E-state index in [0.29, 0.717) is 5.13 Å². The van der Waals surface area contributed by atoms with Crippen LogP contribution in [0.5, 0.6) is 0 Å². The van der Waals surface area contributed by atoms with Crippen LogP contribution in [0.4, 0.5) is 0 Å². The predicted octanol–water partition coefficient (Wildman–Crippen LogP) is 2.57. The van der Waals surface area contributed by atoms with E-state index in [2.05, 4.69) is 10.2 Å². The van der Waals surface area contributed by atoms with Crippen molar-refractivity contribution in [1.82, 2.24) is 13.8 Å². The number of rotatable bonds is 2. The zero-order valence-electron chi connectivity index (χ0n) is 10.8. The summed E-state index contributed by atoms with van der Waals surface area (Å²) in [6.07, 6.45) is 0. The minimum atomic E-state index is -0.0544. The van der Waals surface area contributed by atoms with Gasteiger partial charge in [-0.25, -0.2) is 0 Å². The molecule has 0 aliphatic carbocycles. The van der Waals surface area contributed by atoms with Crippen LogP contribution in [0.1, 0.15) is 0 Å². The van der Waals surface area contributed by atoms with Gasteiger partial charge in [0.05, 0.1) is 0 Å². The molecule has 0 aliphatic heterocycles. The van der Waals surface area contributed by atoms with Crippen molar-refractivity contribution in [1.29, 1.82) is 0 Å². The Hall–Kier alpha value is -2.01. The van der Waals surface area contributed by atoms with Gasteiger partial charge in [-0.2, -0.15) is 0 Å². The fraction of sp³-hybridized carbons (Fsp3) is 0. The monoisotopic (exact) mass is 359 g/mol. The maximum absolute atomic E-state index is 12.4. The van der Waals surface area contributed by atoms with Gasteiger partial charge in [0.15, 0.2) is 0 Å². The summed E-state index contributed by atoms with van der Waals surface area (Å²) in [7, 11) is 0. The van der Waals surface area contributed by atoms with Crippen LogP contribution in [-0.2, 0) is 0 Å². The Bertz CT molecular complexity index is 971. The number of nitrogens with zero attached hydrogens (tertiary/aromatic N) is 3. The Kier molecular flexibility index (Phi) is 3.07. The first-order valence-electron chi connectivity index (χ1n) is 6.33. The molecule has 4 aromatic rings. The van der Waals surface area contributed by atoms with E-state index in [1.807, 2.05) is 54.6 Å². The van der Waals surface area contributed by atoms with Gasteiger partial charge in [-0.15, -0.1) is 0 Å². The van der Waals surface area contributed by atoms with E-state index in [4.69, 9.17) is 0 Å². The van der Waals surface area contributed by atoms with E-state index in [1.165, 1.54) is 11.3 Å². The van der Waals surface area contributed by atoms with Gasteiger partial charge in [-0.05, 0) is 0 Å². The van der Waals surface area contributed by atoms with Crippen LogP contribution in [0.25, 0.3) is 25.3 Å². The van der Waals surface area contributed by atoms with Crippen LogP contribution < -0.4 is 5.56 Å². The van der Waals surface area contributed by atoms with Gasteiger partial charge < -0.3 is 0 Å². The number of hydrogen-bond donors (Lipinski definition) is 0. The number of hydrogen-bond acceptors (Lipinski definition) is 4. The van der Waals surface area contributed by atoms with Crippen molar-refractivity contribution in [2.45, 2.75) is 0 Å². The van der Waals surface area contributed by atoms with Crippen molar-refractivity contribution in [3.63, 3.8) is 0 Å². The molecular formula is C15H9N3OSSe. The standard InChI is InChI=1S/C15H9N3OSSe/c19-14-11-8-4-5-9-12(11)21-18(14)15-17-16-13(20-15)10-6-2-1-3-7-10/h1-9H. The van der Waals surface area contributed by atoms with Crippen molar-refractivity contribution in [2.24, 2.45) is 0 Å².